The van der Waals surface area contributed by atoms with E-state index in [9.17, 15) is 4.79 Å². The zero-order chi connectivity index (χ0) is 20.6. The lowest BCUT2D eigenvalue weighted by atomic mass is 9.84. The minimum atomic E-state index is -0.483. The van der Waals surface area contributed by atoms with Crippen molar-refractivity contribution in [2.75, 3.05) is 12.0 Å². The minimum absolute atomic E-state index is 0.0760. The van der Waals surface area contributed by atoms with Crippen LogP contribution in [0.4, 0.5) is 5.69 Å². The van der Waals surface area contributed by atoms with Gasteiger partial charge in [0, 0.05) is 17.0 Å². The largest absolute Gasteiger partial charge is 0.497 e. The van der Waals surface area contributed by atoms with Gasteiger partial charge in [0.25, 0.3) is 0 Å². The van der Waals surface area contributed by atoms with E-state index in [0.717, 1.165) is 17.0 Å². The molecule has 3 heteroatoms. The maximum Gasteiger partial charge on any atom is 0.232 e. The van der Waals surface area contributed by atoms with Crippen molar-refractivity contribution in [3.63, 3.8) is 0 Å². The molecular formula is C26H27NO2. The molecule has 0 unspecified atom stereocenters. The quantitative estimate of drug-likeness (QED) is 0.557. The predicted molar refractivity (Wildman–Crippen MR) is 117 cm³/mol. The van der Waals surface area contributed by atoms with E-state index in [1.165, 1.54) is 11.1 Å². The topological polar surface area (TPSA) is 29.5 Å². The van der Waals surface area contributed by atoms with Gasteiger partial charge in [0.15, 0.2) is 0 Å². The number of hydrogen-bond donors (Lipinski definition) is 0. The van der Waals surface area contributed by atoms with Crippen LogP contribution in [0.3, 0.4) is 0 Å². The lowest BCUT2D eigenvalue weighted by Crippen LogP contribution is -2.41. The SMILES string of the molecule is COc1ccc([C@H]2[C@H](c3ccccc3)c3ccccc3N2C(=O)C(C)(C)C)cc1. The lowest BCUT2D eigenvalue weighted by Gasteiger charge is -2.34. The van der Waals surface area contributed by atoms with Gasteiger partial charge in [-0.2, -0.15) is 0 Å². The molecule has 0 spiro atoms. The Labute approximate surface area is 172 Å². The highest BCUT2D eigenvalue weighted by molar-refractivity contribution is 6.00. The summed E-state index contributed by atoms with van der Waals surface area (Å²) in [6.07, 6.45) is 0. The number of carbonyl (C=O) groups excluding carboxylic acids is 1. The highest BCUT2D eigenvalue weighted by atomic mass is 16.5. The van der Waals surface area contributed by atoms with Crippen molar-refractivity contribution in [3.05, 3.63) is 95.6 Å². The smallest absolute Gasteiger partial charge is 0.232 e. The Morgan fingerprint density at radius 1 is 0.828 bits per heavy atom. The number of rotatable bonds is 3. The molecule has 148 valence electrons. The van der Waals surface area contributed by atoms with Crippen LogP contribution in [0.15, 0.2) is 78.9 Å². The highest BCUT2D eigenvalue weighted by Gasteiger charge is 2.45. The van der Waals surface area contributed by atoms with E-state index in [-0.39, 0.29) is 17.9 Å². The monoisotopic (exact) mass is 385 g/mol. The molecule has 29 heavy (non-hydrogen) atoms. The van der Waals surface area contributed by atoms with E-state index in [0.29, 0.717) is 0 Å². The molecule has 0 radical (unpaired) electrons. The van der Waals surface area contributed by atoms with Gasteiger partial charge in [0.05, 0.1) is 13.2 Å². The number of amides is 1. The molecule has 1 amide bonds. The Balaban J connectivity index is 1.93. The summed E-state index contributed by atoms with van der Waals surface area (Å²) >= 11 is 0. The van der Waals surface area contributed by atoms with Crippen molar-refractivity contribution in [2.24, 2.45) is 5.41 Å². The Kier molecular flexibility index (Phi) is 4.91. The molecule has 0 aliphatic carbocycles. The van der Waals surface area contributed by atoms with Gasteiger partial charge in [-0.3, -0.25) is 4.79 Å². The molecule has 2 atom stereocenters. The first-order valence-electron chi connectivity index (χ1n) is 10.0. The number of para-hydroxylation sites is 1. The molecule has 1 heterocycles. The van der Waals surface area contributed by atoms with Crippen molar-refractivity contribution < 1.29 is 9.53 Å². The molecular weight excluding hydrogens is 358 g/mol. The summed E-state index contributed by atoms with van der Waals surface area (Å²) in [6.45, 7) is 5.95. The third-order valence-electron chi connectivity index (χ3n) is 5.60. The second-order valence-corrected chi connectivity index (χ2v) is 8.59. The van der Waals surface area contributed by atoms with E-state index < -0.39 is 5.41 Å². The number of fused-ring (bicyclic) bond motifs is 1. The van der Waals surface area contributed by atoms with Crippen molar-refractivity contribution in [1.82, 2.24) is 0 Å². The number of nitrogens with zero attached hydrogens (tertiary/aromatic N) is 1. The molecule has 1 aliphatic heterocycles. The second kappa shape index (κ2) is 7.40. The van der Waals surface area contributed by atoms with Crippen molar-refractivity contribution in [3.8, 4) is 5.75 Å². The number of ether oxygens (including phenoxy) is 1. The van der Waals surface area contributed by atoms with Crippen LogP contribution in [0.5, 0.6) is 5.75 Å². The standard InChI is InChI=1S/C26H27NO2/c1-26(2,3)25(28)27-22-13-9-8-12-21(22)23(18-10-6-5-7-11-18)24(27)19-14-16-20(29-4)17-15-19/h5-17,23-24H,1-4H3/t23-,24+/m1/s1. The molecule has 0 aromatic heterocycles. The fraction of sp³-hybridized carbons (Fsp3) is 0.269. The maximum atomic E-state index is 13.6. The lowest BCUT2D eigenvalue weighted by molar-refractivity contribution is -0.126. The molecule has 3 aromatic carbocycles. The fourth-order valence-corrected chi connectivity index (χ4v) is 4.20. The van der Waals surface area contributed by atoms with Crippen LogP contribution >= 0.6 is 0 Å². The maximum absolute atomic E-state index is 13.6. The predicted octanol–water partition coefficient (Wildman–Crippen LogP) is 5.96. The summed E-state index contributed by atoms with van der Waals surface area (Å²) in [7, 11) is 1.67. The summed E-state index contributed by atoms with van der Waals surface area (Å²) < 4.78 is 5.35. The first kappa shape index (κ1) is 19.3. The van der Waals surface area contributed by atoms with Crippen LogP contribution in [0.1, 0.15) is 49.4 Å². The summed E-state index contributed by atoms with van der Waals surface area (Å²) in [5.41, 5.74) is 4.03. The highest BCUT2D eigenvalue weighted by Crippen LogP contribution is 2.53. The first-order valence-corrected chi connectivity index (χ1v) is 10.0. The molecule has 0 N–H and O–H groups in total. The minimum Gasteiger partial charge on any atom is -0.497 e. The number of hydrogen-bond acceptors (Lipinski definition) is 2. The van der Waals surface area contributed by atoms with Gasteiger partial charge < -0.3 is 9.64 Å². The van der Waals surface area contributed by atoms with Crippen LogP contribution in [0.25, 0.3) is 0 Å². The van der Waals surface area contributed by atoms with Gasteiger partial charge in [0.1, 0.15) is 5.75 Å². The van der Waals surface area contributed by atoms with E-state index >= 15 is 0 Å². The van der Waals surface area contributed by atoms with Gasteiger partial charge >= 0.3 is 0 Å². The molecule has 0 saturated heterocycles. The van der Waals surface area contributed by atoms with Crippen LogP contribution in [0.2, 0.25) is 0 Å². The van der Waals surface area contributed by atoms with Crippen LogP contribution in [-0.2, 0) is 4.79 Å². The zero-order valence-corrected chi connectivity index (χ0v) is 17.4. The Hall–Kier alpha value is -3.07. The van der Waals surface area contributed by atoms with E-state index in [1.54, 1.807) is 7.11 Å². The van der Waals surface area contributed by atoms with E-state index in [1.807, 2.05) is 49.9 Å². The zero-order valence-electron chi connectivity index (χ0n) is 17.4. The fourth-order valence-electron chi connectivity index (χ4n) is 4.20. The number of methoxy groups -OCH3 is 1. The van der Waals surface area contributed by atoms with Gasteiger partial charge in [-0.05, 0) is 34.9 Å². The van der Waals surface area contributed by atoms with E-state index in [2.05, 4.69) is 54.6 Å². The molecule has 0 bridgehead atoms. The molecule has 3 nitrogen and oxygen atoms in total. The molecule has 0 saturated carbocycles. The Bertz CT molecular complexity index is 1000. The number of carbonyl (C=O) groups is 1. The molecule has 3 aromatic rings. The van der Waals surface area contributed by atoms with Crippen LogP contribution in [0, 0.1) is 5.41 Å². The summed E-state index contributed by atoms with van der Waals surface area (Å²) in [4.78, 5) is 15.6. The van der Waals surface area contributed by atoms with Crippen LogP contribution in [-0.4, -0.2) is 13.0 Å². The number of anilines is 1. The first-order chi connectivity index (χ1) is 13.9. The second-order valence-electron chi connectivity index (χ2n) is 8.59. The van der Waals surface area contributed by atoms with Crippen molar-refractivity contribution in [2.45, 2.75) is 32.7 Å². The van der Waals surface area contributed by atoms with Gasteiger partial charge in [0.2, 0.25) is 5.91 Å². The average Bonchev–Trinajstić information content (AvgIpc) is 3.08. The van der Waals surface area contributed by atoms with Crippen molar-refractivity contribution in [1.29, 1.82) is 0 Å². The summed E-state index contributed by atoms with van der Waals surface area (Å²) in [5, 5.41) is 0. The van der Waals surface area contributed by atoms with E-state index in [4.69, 9.17) is 4.74 Å². The van der Waals surface area contributed by atoms with Gasteiger partial charge in [-0.1, -0.05) is 81.4 Å². The molecule has 1 aliphatic rings. The Morgan fingerprint density at radius 3 is 2.07 bits per heavy atom. The normalized spacial score (nSPS) is 18.4. The summed E-state index contributed by atoms with van der Waals surface area (Å²) in [5.74, 6) is 1.02. The summed E-state index contributed by atoms with van der Waals surface area (Å²) in [6, 6.07) is 26.8. The third-order valence-corrected chi connectivity index (χ3v) is 5.60. The molecule has 0 fully saturated rings. The van der Waals surface area contributed by atoms with Gasteiger partial charge in [-0.25, -0.2) is 0 Å². The van der Waals surface area contributed by atoms with Crippen molar-refractivity contribution >= 4 is 11.6 Å². The average molecular weight is 386 g/mol. The molecule has 4 rings (SSSR count). The Morgan fingerprint density at radius 2 is 1.45 bits per heavy atom. The third kappa shape index (κ3) is 3.42. The van der Waals surface area contributed by atoms with Gasteiger partial charge in [-0.15, -0.1) is 0 Å². The van der Waals surface area contributed by atoms with Crippen LogP contribution < -0.4 is 9.64 Å². The number of benzene rings is 3.